The van der Waals surface area contributed by atoms with E-state index in [1.165, 1.54) is 11.8 Å². The molecule has 1 aliphatic heterocycles. The molecule has 0 radical (unpaired) electrons. The molecule has 3 aromatic rings. The minimum atomic E-state index is -0.178. The lowest BCUT2D eigenvalue weighted by atomic mass is 10.2. The topological polar surface area (TPSA) is 102 Å². The summed E-state index contributed by atoms with van der Waals surface area (Å²) in [7, 11) is 1.63. The number of rotatable bonds is 8. The van der Waals surface area contributed by atoms with E-state index in [1.807, 2.05) is 28.8 Å². The summed E-state index contributed by atoms with van der Waals surface area (Å²) < 4.78 is 13.1. The van der Waals surface area contributed by atoms with Crippen molar-refractivity contribution in [2.24, 2.45) is 0 Å². The van der Waals surface area contributed by atoms with Crippen LogP contribution in [0.3, 0.4) is 0 Å². The van der Waals surface area contributed by atoms with Gasteiger partial charge in [0, 0.05) is 17.9 Å². The van der Waals surface area contributed by atoms with E-state index in [-0.39, 0.29) is 17.8 Å². The Labute approximate surface area is 190 Å². The third-order valence-electron chi connectivity index (χ3n) is 5.08. The van der Waals surface area contributed by atoms with Gasteiger partial charge in [-0.25, -0.2) is 0 Å². The maximum atomic E-state index is 12.5. The number of nitrogens with zero attached hydrogens (tertiary/aromatic N) is 4. The zero-order chi connectivity index (χ0) is 22.3. The molecule has 0 spiro atoms. The molecule has 0 saturated carbocycles. The van der Waals surface area contributed by atoms with Gasteiger partial charge >= 0.3 is 0 Å². The molecule has 1 aliphatic rings. The Morgan fingerprint density at radius 1 is 1.31 bits per heavy atom. The lowest BCUT2D eigenvalue weighted by molar-refractivity contribution is -0.113. The number of hydrogen-bond donors (Lipinski definition) is 1. The summed E-state index contributed by atoms with van der Waals surface area (Å²) in [5.41, 5.74) is 2.01. The standard InChI is InChI=1S/C23H23N5O3S/c1-30-19-9-7-17(8-10-19)22-26-27-23(28(22)14-20-6-3-11-31-20)32-15-21(29)25-18-5-2-4-16(12-18)13-24/h2,4-5,7-10,12,20H,3,6,11,14-15H2,1H3,(H,25,29)/t20-/m1/s1. The van der Waals surface area contributed by atoms with Crippen LogP contribution < -0.4 is 10.1 Å². The predicted molar refractivity (Wildman–Crippen MR) is 121 cm³/mol. The molecule has 1 N–H and O–H groups in total. The first-order valence-corrected chi connectivity index (χ1v) is 11.3. The van der Waals surface area contributed by atoms with Crippen molar-refractivity contribution in [1.82, 2.24) is 14.8 Å². The summed E-state index contributed by atoms with van der Waals surface area (Å²) in [6, 6.07) is 16.6. The monoisotopic (exact) mass is 449 g/mol. The molecule has 2 heterocycles. The number of anilines is 1. The van der Waals surface area contributed by atoms with Crippen molar-refractivity contribution in [1.29, 1.82) is 5.26 Å². The molecule has 32 heavy (non-hydrogen) atoms. The molecule has 8 nitrogen and oxygen atoms in total. The lowest BCUT2D eigenvalue weighted by Gasteiger charge is -2.15. The Morgan fingerprint density at radius 3 is 2.88 bits per heavy atom. The fraction of sp³-hybridized carbons (Fsp3) is 0.304. The Bertz CT molecular complexity index is 1120. The number of amides is 1. The van der Waals surface area contributed by atoms with Gasteiger partial charge in [0.15, 0.2) is 11.0 Å². The van der Waals surface area contributed by atoms with E-state index in [0.717, 1.165) is 36.6 Å². The van der Waals surface area contributed by atoms with Gasteiger partial charge in [0.2, 0.25) is 5.91 Å². The van der Waals surface area contributed by atoms with Crippen molar-refractivity contribution in [3.63, 3.8) is 0 Å². The fourth-order valence-corrected chi connectivity index (χ4v) is 4.25. The van der Waals surface area contributed by atoms with Gasteiger partial charge in [-0.15, -0.1) is 10.2 Å². The number of benzene rings is 2. The molecule has 1 atom stereocenters. The molecule has 2 aromatic carbocycles. The minimum Gasteiger partial charge on any atom is -0.497 e. The Balaban J connectivity index is 1.49. The number of aromatic nitrogens is 3. The van der Waals surface area contributed by atoms with Gasteiger partial charge in [-0.3, -0.25) is 9.36 Å². The Kier molecular flexibility index (Phi) is 7.04. The van der Waals surface area contributed by atoms with E-state index in [9.17, 15) is 4.79 Å². The van der Waals surface area contributed by atoms with Gasteiger partial charge in [-0.1, -0.05) is 17.8 Å². The third kappa shape index (κ3) is 5.28. The molecule has 1 aromatic heterocycles. The zero-order valence-corrected chi connectivity index (χ0v) is 18.5. The number of ether oxygens (including phenoxy) is 2. The molecule has 9 heteroatoms. The molecule has 1 saturated heterocycles. The smallest absolute Gasteiger partial charge is 0.234 e. The highest BCUT2D eigenvalue weighted by Gasteiger charge is 2.22. The molecule has 0 aliphatic carbocycles. The van der Waals surface area contributed by atoms with Crippen LogP contribution in [0.4, 0.5) is 5.69 Å². The molecule has 1 fully saturated rings. The molecular weight excluding hydrogens is 426 g/mol. The maximum absolute atomic E-state index is 12.5. The van der Waals surface area contributed by atoms with Crippen LogP contribution in [0.5, 0.6) is 5.75 Å². The quantitative estimate of drug-likeness (QED) is 0.523. The van der Waals surface area contributed by atoms with Crippen LogP contribution in [-0.4, -0.2) is 46.2 Å². The number of carbonyl (C=O) groups excluding carboxylic acids is 1. The predicted octanol–water partition coefficient (Wildman–Crippen LogP) is 3.74. The second-order valence-corrected chi connectivity index (χ2v) is 8.25. The highest BCUT2D eigenvalue weighted by Crippen LogP contribution is 2.28. The highest BCUT2D eigenvalue weighted by atomic mass is 32.2. The number of hydrogen-bond acceptors (Lipinski definition) is 7. The lowest BCUT2D eigenvalue weighted by Crippen LogP contribution is -2.18. The van der Waals surface area contributed by atoms with Gasteiger partial charge in [0.25, 0.3) is 0 Å². The normalized spacial score (nSPS) is 15.3. The number of methoxy groups -OCH3 is 1. The summed E-state index contributed by atoms with van der Waals surface area (Å²) in [6.45, 7) is 1.39. The van der Waals surface area contributed by atoms with Crippen molar-refractivity contribution in [2.75, 3.05) is 24.8 Å². The molecule has 1 amide bonds. The number of thioether (sulfide) groups is 1. The number of carbonyl (C=O) groups is 1. The van der Waals surface area contributed by atoms with Gasteiger partial charge < -0.3 is 14.8 Å². The third-order valence-corrected chi connectivity index (χ3v) is 6.05. The van der Waals surface area contributed by atoms with Crippen molar-refractivity contribution >= 4 is 23.4 Å². The van der Waals surface area contributed by atoms with Gasteiger partial charge in [-0.2, -0.15) is 5.26 Å². The largest absolute Gasteiger partial charge is 0.497 e. The van der Waals surface area contributed by atoms with Crippen molar-refractivity contribution in [2.45, 2.75) is 30.6 Å². The molecule has 0 unspecified atom stereocenters. The van der Waals surface area contributed by atoms with Crippen molar-refractivity contribution < 1.29 is 14.3 Å². The van der Waals surface area contributed by atoms with Gasteiger partial charge in [0.05, 0.1) is 37.1 Å². The summed E-state index contributed by atoms with van der Waals surface area (Å²) >= 11 is 1.32. The average molecular weight is 450 g/mol. The molecule has 164 valence electrons. The van der Waals surface area contributed by atoms with E-state index < -0.39 is 0 Å². The summed E-state index contributed by atoms with van der Waals surface area (Å²) in [6.07, 6.45) is 2.13. The van der Waals surface area contributed by atoms with Crippen molar-refractivity contribution in [3.05, 3.63) is 54.1 Å². The average Bonchev–Trinajstić information content (AvgIpc) is 3.48. The zero-order valence-electron chi connectivity index (χ0n) is 17.7. The second-order valence-electron chi connectivity index (χ2n) is 7.31. The minimum absolute atomic E-state index is 0.102. The van der Waals surface area contributed by atoms with E-state index in [4.69, 9.17) is 14.7 Å². The Hall–Kier alpha value is -3.35. The first-order chi connectivity index (χ1) is 15.7. The molecule has 0 bridgehead atoms. The Morgan fingerprint density at radius 2 is 2.16 bits per heavy atom. The second kappa shape index (κ2) is 10.3. The first kappa shape index (κ1) is 21.9. The van der Waals surface area contributed by atoms with Crippen LogP contribution in [0.2, 0.25) is 0 Å². The van der Waals surface area contributed by atoms with Crippen LogP contribution in [0.15, 0.2) is 53.7 Å². The number of nitrogens with one attached hydrogen (secondary N) is 1. The van der Waals surface area contributed by atoms with E-state index in [0.29, 0.717) is 23.0 Å². The van der Waals surface area contributed by atoms with Crippen LogP contribution >= 0.6 is 11.8 Å². The molecule has 4 rings (SSSR count). The van der Waals surface area contributed by atoms with Crippen LogP contribution in [0.1, 0.15) is 18.4 Å². The van der Waals surface area contributed by atoms with E-state index in [2.05, 4.69) is 21.6 Å². The fourth-order valence-electron chi connectivity index (χ4n) is 3.50. The van der Waals surface area contributed by atoms with E-state index >= 15 is 0 Å². The number of nitriles is 1. The van der Waals surface area contributed by atoms with Crippen LogP contribution in [0, 0.1) is 11.3 Å². The summed E-state index contributed by atoms with van der Waals surface area (Å²) in [4.78, 5) is 12.5. The van der Waals surface area contributed by atoms with Gasteiger partial charge in [-0.05, 0) is 55.3 Å². The SMILES string of the molecule is COc1ccc(-c2nnc(SCC(=O)Nc3cccc(C#N)c3)n2C[C@H]2CCCO2)cc1. The van der Waals surface area contributed by atoms with E-state index in [1.54, 1.807) is 31.4 Å². The summed E-state index contributed by atoms with van der Waals surface area (Å²) in [5, 5.41) is 21.2. The maximum Gasteiger partial charge on any atom is 0.234 e. The van der Waals surface area contributed by atoms with Crippen molar-refractivity contribution in [3.8, 4) is 23.2 Å². The van der Waals surface area contributed by atoms with Crippen LogP contribution in [-0.2, 0) is 16.1 Å². The van der Waals surface area contributed by atoms with Crippen LogP contribution in [0.25, 0.3) is 11.4 Å². The van der Waals surface area contributed by atoms with Gasteiger partial charge in [0.1, 0.15) is 5.75 Å². The highest BCUT2D eigenvalue weighted by molar-refractivity contribution is 7.99. The molecular formula is C23H23N5O3S. The first-order valence-electron chi connectivity index (χ1n) is 10.3. The summed E-state index contributed by atoms with van der Waals surface area (Å²) in [5.74, 6) is 1.49.